The molecule has 2 aromatic carbocycles. The van der Waals surface area contributed by atoms with Crippen molar-refractivity contribution < 1.29 is 0 Å². The Morgan fingerprint density at radius 2 is 1.65 bits per heavy atom. The lowest BCUT2D eigenvalue weighted by Gasteiger charge is -2.49. The first-order valence-electron chi connectivity index (χ1n) is 8.56. The summed E-state index contributed by atoms with van der Waals surface area (Å²) in [5.41, 5.74) is 8.14. The lowest BCUT2D eigenvalue weighted by Crippen LogP contribution is -2.51. The molecule has 0 aliphatic carbocycles. The molecule has 0 amide bonds. The third kappa shape index (κ3) is 1.94. The Bertz CT molecular complexity index is 790. The number of rotatable bonds is 1. The molecule has 2 unspecified atom stereocenters. The molecule has 2 atom stereocenters. The Balaban J connectivity index is 2.04. The number of anilines is 1. The van der Waals surface area contributed by atoms with Gasteiger partial charge in [-0.15, -0.1) is 0 Å². The Hall–Kier alpha value is -2.22. The normalized spacial score (nSPS) is 22.2. The van der Waals surface area contributed by atoms with Crippen LogP contribution in [0.1, 0.15) is 31.4 Å². The van der Waals surface area contributed by atoms with Crippen LogP contribution in [0.2, 0.25) is 0 Å². The summed E-state index contributed by atoms with van der Waals surface area (Å²) in [6, 6.07) is 16.5. The molecule has 2 aliphatic heterocycles. The largest absolute Gasteiger partial charge is 0.374 e. The number of likely N-dealkylation sites (N-methyl/N-ethyl adjacent to an activating group) is 1. The van der Waals surface area contributed by atoms with Gasteiger partial charge in [0.2, 0.25) is 0 Å². The van der Waals surface area contributed by atoms with Gasteiger partial charge >= 0.3 is 0 Å². The summed E-state index contributed by atoms with van der Waals surface area (Å²) in [6.07, 6.45) is 3.49. The maximum Gasteiger partial charge on any atom is 0.0655 e. The lowest BCUT2D eigenvalue weighted by molar-refractivity contribution is 0.270. The van der Waals surface area contributed by atoms with Gasteiger partial charge in [0.1, 0.15) is 0 Å². The van der Waals surface area contributed by atoms with Crippen LogP contribution in [0, 0.1) is 6.92 Å². The first kappa shape index (κ1) is 14.4. The quantitative estimate of drug-likeness (QED) is 0.740. The number of aryl methyl sites for hydroxylation is 1. The molecule has 2 nitrogen and oxygen atoms in total. The molecule has 0 bridgehead atoms. The van der Waals surface area contributed by atoms with Gasteiger partial charge in [0.05, 0.1) is 17.4 Å². The van der Waals surface area contributed by atoms with E-state index in [2.05, 4.69) is 86.3 Å². The van der Waals surface area contributed by atoms with Crippen molar-refractivity contribution in [3.8, 4) is 11.1 Å². The fourth-order valence-corrected chi connectivity index (χ4v) is 4.37. The zero-order chi connectivity index (χ0) is 16.1. The number of fused-ring (bicyclic) bond motifs is 6. The number of benzene rings is 2. The monoisotopic (exact) mass is 304 g/mol. The highest BCUT2D eigenvalue weighted by Gasteiger charge is 2.37. The minimum absolute atomic E-state index is 0.457. The van der Waals surface area contributed by atoms with Crippen molar-refractivity contribution in [3.05, 3.63) is 59.8 Å². The highest BCUT2D eigenvalue weighted by Crippen LogP contribution is 2.48. The molecular weight excluding hydrogens is 280 g/mol. The first-order valence-corrected chi connectivity index (χ1v) is 8.56. The lowest BCUT2D eigenvalue weighted by atomic mass is 9.86. The predicted molar refractivity (Wildman–Crippen MR) is 98.4 cm³/mol. The summed E-state index contributed by atoms with van der Waals surface area (Å²) in [7, 11) is 2.21. The molecule has 0 spiro atoms. The summed E-state index contributed by atoms with van der Waals surface area (Å²) in [4.78, 5) is 4.97. The Kier molecular flexibility index (Phi) is 3.22. The van der Waals surface area contributed by atoms with Crippen molar-refractivity contribution in [1.82, 2.24) is 4.90 Å². The standard InChI is InChI=1S/C21H24N2/c1-5-19-15(3)23-20(13-22(19)4)17-11-7-6-10-16(17)18-12-8-9-14(2)21(18)23/h6-13,15,19H,5H2,1-4H3. The molecule has 2 heterocycles. The Labute approximate surface area is 139 Å². The van der Waals surface area contributed by atoms with Crippen molar-refractivity contribution in [1.29, 1.82) is 0 Å². The van der Waals surface area contributed by atoms with Crippen molar-refractivity contribution in [2.45, 2.75) is 39.3 Å². The molecular formula is C21H24N2. The smallest absolute Gasteiger partial charge is 0.0655 e. The average molecular weight is 304 g/mol. The van der Waals surface area contributed by atoms with Crippen LogP contribution >= 0.6 is 0 Å². The van der Waals surface area contributed by atoms with Crippen molar-refractivity contribution in [2.75, 3.05) is 11.9 Å². The van der Waals surface area contributed by atoms with Gasteiger partial charge in [-0.1, -0.05) is 49.4 Å². The van der Waals surface area contributed by atoms with E-state index < -0.39 is 0 Å². The van der Waals surface area contributed by atoms with Gasteiger partial charge in [-0.05, 0) is 31.4 Å². The van der Waals surface area contributed by atoms with Crippen LogP contribution in [-0.2, 0) is 0 Å². The molecule has 23 heavy (non-hydrogen) atoms. The average Bonchev–Trinajstić information content (AvgIpc) is 2.55. The van der Waals surface area contributed by atoms with E-state index >= 15 is 0 Å². The van der Waals surface area contributed by atoms with E-state index in [0.29, 0.717) is 12.1 Å². The number of para-hydroxylation sites is 1. The summed E-state index contributed by atoms with van der Waals surface area (Å²) in [5.74, 6) is 0. The fourth-order valence-electron chi connectivity index (χ4n) is 4.37. The van der Waals surface area contributed by atoms with E-state index in [4.69, 9.17) is 0 Å². The molecule has 2 aliphatic rings. The van der Waals surface area contributed by atoms with E-state index in [1.54, 1.807) is 0 Å². The number of nitrogens with zero attached hydrogens (tertiary/aromatic N) is 2. The van der Waals surface area contributed by atoms with Crippen molar-refractivity contribution in [2.24, 2.45) is 0 Å². The van der Waals surface area contributed by atoms with E-state index in [9.17, 15) is 0 Å². The van der Waals surface area contributed by atoms with Crippen LogP contribution in [0.25, 0.3) is 16.8 Å². The van der Waals surface area contributed by atoms with Crippen molar-refractivity contribution >= 4 is 11.4 Å². The van der Waals surface area contributed by atoms with Crippen LogP contribution in [0.15, 0.2) is 48.7 Å². The Morgan fingerprint density at radius 1 is 0.957 bits per heavy atom. The summed E-state index contributed by atoms with van der Waals surface area (Å²) in [6.45, 7) is 6.88. The molecule has 0 aromatic heterocycles. The van der Waals surface area contributed by atoms with E-state index in [-0.39, 0.29) is 0 Å². The predicted octanol–water partition coefficient (Wildman–Crippen LogP) is 4.89. The fraction of sp³-hybridized carbons (Fsp3) is 0.333. The second kappa shape index (κ2) is 5.16. The van der Waals surface area contributed by atoms with Gasteiger partial charge < -0.3 is 9.80 Å². The number of hydrogen-bond acceptors (Lipinski definition) is 2. The van der Waals surface area contributed by atoms with Crippen LogP contribution in [0.3, 0.4) is 0 Å². The van der Waals surface area contributed by atoms with Crippen LogP contribution in [0.4, 0.5) is 5.69 Å². The van der Waals surface area contributed by atoms with E-state index in [1.807, 2.05) is 0 Å². The zero-order valence-corrected chi connectivity index (χ0v) is 14.4. The van der Waals surface area contributed by atoms with Crippen LogP contribution in [0.5, 0.6) is 0 Å². The molecule has 0 fully saturated rings. The molecule has 0 N–H and O–H groups in total. The van der Waals surface area contributed by atoms with Crippen molar-refractivity contribution in [3.63, 3.8) is 0 Å². The minimum atomic E-state index is 0.457. The second-order valence-corrected chi connectivity index (χ2v) is 6.78. The van der Waals surface area contributed by atoms with Gasteiger partial charge in [-0.3, -0.25) is 0 Å². The molecule has 0 radical (unpaired) electrons. The Morgan fingerprint density at radius 3 is 2.39 bits per heavy atom. The van der Waals surface area contributed by atoms with E-state index in [0.717, 1.165) is 6.42 Å². The molecule has 0 saturated heterocycles. The topological polar surface area (TPSA) is 6.48 Å². The molecule has 4 rings (SSSR count). The van der Waals surface area contributed by atoms with Gasteiger partial charge in [-0.2, -0.15) is 0 Å². The van der Waals surface area contributed by atoms with Crippen LogP contribution in [-0.4, -0.2) is 24.0 Å². The van der Waals surface area contributed by atoms with Crippen LogP contribution < -0.4 is 4.90 Å². The van der Waals surface area contributed by atoms with Gasteiger partial charge in [0.15, 0.2) is 0 Å². The molecule has 2 aromatic rings. The third-order valence-electron chi connectivity index (χ3n) is 5.46. The second-order valence-electron chi connectivity index (χ2n) is 6.78. The van der Waals surface area contributed by atoms with E-state index in [1.165, 1.54) is 33.6 Å². The molecule has 0 saturated carbocycles. The third-order valence-corrected chi connectivity index (χ3v) is 5.46. The minimum Gasteiger partial charge on any atom is -0.374 e. The summed E-state index contributed by atoms with van der Waals surface area (Å²) < 4.78 is 0. The number of hydrogen-bond donors (Lipinski definition) is 0. The van der Waals surface area contributed by atoms with Gasteiger partial charge in [0.25, 0.3) is 0 Å². The SMILES string of the molecule is CCC1C(C)N2C(=CN1C)c1ccccc1-c1cccc(C)c12. The summed E-state index contributed by atoms with van der Waals surface area (Å²) in [5, 5.41) is 0. The zero-order valence-electron chi connectivity index (χ0n) is 14.4. The molecule has 118 valence electrons. The molecule has 2 heteroatoms. The maximum atomic E-state index is 2.57. The van der Waals surface area contributed by atoms with Gasteiger partial charge in [0, 0.05) is 30.4 Å². The summed E-state index contributed by atoms with van der Waals surface area (Å²) >= 11 is 0. The highest BCUT2D eigenvalue weighted by molar-refractivity contribution is 6.00. The van der Waals surface area contributed by atoms with Gasteiger partial charge in [-0.25, -0.2) is 0 Å². The maximum absolute atomic E-state index is 2.57. The highest BCUT2D eigenvalue weighted by atomic mass is 15.3. The first-order chi connectivity index (χ1) is 11.1.